The van der Waals surface area contributed by atoms with Gasteiger partial charge in [0.15, 0.2) is 5.13 Å². The zero-order valence-corrected chi connectivity index (χ0v) is 5.89. The van der Waals surface area contributed by atoms with Crippen molar-refractivity contribution < 1.29 is 9.90 Å². The SMILES string of the molecule is Nc1nc(O)c(CC=O)s1. The molecule has 0 aliphatic rings. The Morgan fingerprint density at radius 3 is 2.90 bits per heavy atom. The van der Waals surface area contributed by atoms with Gasteiger partial charge in [0, 0.05) is 6.42 Å². The molecule has 0 fully saturated rings. The van der Waals surface area contributed by atoms with Crippen molar-refractivity contribution in [1.82, 2.24) is 4.98 Å². The van der Waals surface area contributed by atoms with Crippen LogP contribution < -0.4 is 5.73 Å². The Morgan fingerprint density at radius 2 is 2.50 bits per heavy atom. The first-order valence-corrected chi connectivity index (χ1v) is 3.43. The van der Waals surface area contributed by atoms with Gasteiger partial charge in [0.1, 0.15) is 6.29 Å². The fraction of sp³-hybridized carbons (Fsp3) is 0.200. The number of anilines is 1. The lowest BCUT2D eigenvalue weighted by molar-refractivity contribution is -0.107. The average molecular weight is 158 g/mol. The van der Waals surface area contributed by atoms with Crippen molar-refractivity contribution in [1.29, 1.82) is 0 Å². The summed E-state index contributed by atoms with van der Waals surface area (Å²) in [7, 11) is 0. The van der Waals surface area contributed by atoms with E-state index in [9.17, 15) is 4.79 Å². The molecule has 1 aromatic rings. The van der Waals surface area contributed by atoms with Gasteiger partial charge in [-0.25, -0.2) is 0 Å². The minimum atomic E-state index is -0.130. The maximum atomic E-state index is 9.96. The molecule has 0 aliphatic heterocycles. The quantitative estimate of drug-likeness (QED) is 0.601. The molecule has 0 amide bonds. The van der Waals surface area contributed by atoms with E-state index in [1.807, 2.05) is 0 Å². The van der Waals surface area contributed by atoms with Crippen LogP contribution in [0.4, 0.5) is 5.13 Å². The van der Waals surface area contributed by atoms with Gasteiger partial charge in [0.25, 0.3) is 0 Å². The first-order chi connectivity index (χ1) is 4.74. The predicted molar refractivity (Wildman–Crippen MR) is 38.0 cm³/mol. The second-order valence-electron chi connectivity index (χ2n) is 1.67. The summed E-state index contributed by atoms with van der Waals surface area (Å²) in [5, 5.41) is 9.21. The summed E-state index contributed by atoms with van der Waals surface area (Å²) in [6.45, 7) is 0. The molecule has 1 rings (SSSR count). The molecule has 0 aliphatic carbocycles. The number of nitrogens with zero attached hydrogens (tertiary/aromatic N) is 1. The molecule has 5 heteroatoms. The summed E-state index contributed by atoms with van der Waals surface area (Å²) in [6.07, 6.45) is 0.882. The highest BCUT2D eigenvalue weighted by atomic mass is 32.1. The van der Waals surface area contributed by atoms with Gasteiger partial charge in [-0.3, -0.25) is 0 Å². The van der Waals surface area contributed by atoms with E-state index in [1.165, 1.54) is 0 Å². The fourth-order valence-electron chi connectivity index (χ4n) is 0.570. The molecule has 1 heterocycles. The lowest BCUT2D eigenvalue weighted by Crippen LogP contribution is -1.79. The highest BCUT2D eigenvalue weighted by molar-refractivity contribution is 7.15. The third-order valence-electron chi connectivity index (χ3n) is 0.962. The van der Waals surface area contributed by atoms with E-state index in [0.29, 0.717) is 11.2 Å². The molecule has 10 heavy (non-hydrogen) atoms. The van der Waals surface area contributed by atoms with Gasteiger partial charge in [-0.05, 0) is 0 Å². The summed E-state index contributed by atoms with van der Waals surface area (Å²) in [5.41, 5.74) is 5.24. The molecule has 1 aromatic heterocycles. The molecule has 0 radical (unpaired) electrons. The smallest absolute Gasteiger partial charge is 0.227 e. The topological polar surface area (TPSA) is 76.2 Å². The second-order valence-corrected chi connectivity index (χ2v) is 2.78. The van der Waals surface area contributed by atoms with Gasteiger partial charge in [0.2, 0.25) is 5.88 Å². The summed E-state index contributed by atoms with van der Waals surface area (Å²) in [5.74, 6) is -0.130. The third-order valence-corrected chi connectivity index (χ3v) is 1.86. The Hall–Kier alpha value is -1.10. The number of aromatic hydroxyl groups is 1. The zero-order valence-electron chi connectivity index (χ0n) is 5.07. The van der Waals surface area contributed by atoms with Crippen molar-refractivity contribution >= 4 is 22.8 Å². The molecular weight excluding hydrogens is 152 g/mol. The van der Waals surface area contributed by atoms with Gasteiger partial charge < -0.3 is 15.6 Å². The number of hydrogen-bond acceptors (Lipinski definition) is 5. The van der Waals surface area contributed by atoms with Crippen LogP contribution in [0.25, 0.3) is 0 Å². The number of rotatable bonds is 2. The Morgan fingerprint density at radius 1 is 1.80 bits per heavy atom. The van der Waals surface area contributed by atoms with Crippen LogP contribution in [0.5, 0.6) is 5.88 Å². The maximum absolute atomic E-state index is 9.96. The lowest BCUT2D eigenvalue weighted by atomic mass is 10.4. The highest BCUT2D eigenvalue weighted by Gasteiger charge is 2.05. The minimum Gasteiger partial charge on any atom is -0.492 e. The number of thiazole rings is 1. The van der Waals surface area contributed by atoms with E-state index in [0.717, 1.165) is 11.3 Å². The number of nitrogens with two attached hydrogens (primary N) is 1. The standard InChI is InChI=1S/C5H6N2O2S/c6-5-7-4(9)3(10-5)1-2-8/h2,9H,1H2,(H2,6,7). The number of aldehydes is 1. The third kappa shape index (κ3) is 1.24. The van der Waals surface area contributed by atoms with Crippen molar-refractivity contribution in [3.8, 4) is 5.88 Å². The van der Waals surface area contributed by atoms with Crippen molar-refractivity contribution in [2.24, 2.45) is 0 Å². The number of aromatic nitrogens is 1. The van der Waals surface area contributed by atoms with E-state index in [2.05, 4.69) is 4.98 Å². The fourth-order valence-corrected chi connectivity index (χ4v) is 1.24. The summed E-state index contributed by atoms with van der Waals surface area (Å²) in [4.78, 5) is 14.0. The van der Waals surface area contributed by atoms with Gasteiger partial charge in [-0.15, -0.1) is 0 Å². The molecule has 0 saturated heterocycles. The lowest BCUT2D eigenvalue weighted by Gasteiger charge is -1.83. The van der Waals surface area contributed by atoms with Crippen molar-refractivity contribution in [3.05, 3.63) is 4.88 Å². The van der Waals surface area contributed by atoms with Gasteiger partial charge in [-0.2, -0.15) is 4.98 Å². The first-order valence-electron chi connectivity index (χ1n) is 2.62. The van der Waals surface area contributed by atoms with Crippen LogP contribution in [-0.4, -0.2) is 16.4 Å². The summed E-state index contributed by atoms with van der Waals surface area (Å²) < 4.78 is 0. The second kappa shape index (κ2) is 2.66. The van der Waals surface area contributed by atoms with Crippen LogP contribution in [-0.2, 0) is 11.2 Å². The Labute approximate surface area is 61.3 Å². The molecule has 0 atom stereocenters. The summed E-state index contributed by atoms with van der Waals surface area (Å²) >= 11 is 1.12. The number of carbonyl (C=O) groups is 1. The van der Waals surface area contributed by atoms with E-state index < -0.39 is 0 Å². The molecule has 3 N–H and O–H groups in total. The van der Waals surface area contributed by atoms with Gasteiger partial charge >= 0.3 is 0 Å². The molecule has 0 unspecified atom stereocenters. The van der Waals surface area contributed by atoms with Crippen molar-refractivity contribution in [2.45, 2.75) is 6.42 Å². The molecule has 0 spiro atoms. The van der Waals surface area contributed by atoms with Crippen LogP contribution >= 0.6 is 11.3 Å². The highest BCUT2D eigenvalue weighted by Crippen LogP contribution is 2.25. The van der Waals surface area contributed by atoms with Gasteiger partial charge in [0.05, 0.1) is 4.88 Å². The van der Waals surface area contributed by atoms with E-state index in [4.69, 9.17) is 10.8 Å². The molecular formula is C5H6N2O2S. The zero-order chi connectivity index (χ0) is 7.56. The van der Waals surface area contributed by atoms with Crippen LogP contribution in [0, 0.1) is 0 Å². The average Bonchev–Trinajstić information content (AvgIpc) is 2.13. The molecule has 4 nitrogen and oxygen atoms in total. The normalized spacial score (nSPS) is 9.60. The van der Waals surface area contributed by atoms with E-state index in [-0.39, 0.29) is 17.4 Å². The Kier molecular flexibility index (Phi) is 1.86. The first kappa shape index (κ1) is 7.01. The van der Waals surface area contributed by atoms with E-state index in [1.54, 1.807) is 0 Å². The van der Waals surface area contributed by atoms with Crippen LogP contribution in [0.3, 0.4) is 0 Å². The summed E-state index contributed by atoms with van der Waals surface area (Å²) in [6, 6.07) is 0. The monoisotopic (exact) mass is 158 g/mol. The van der Waals surface area contributed by atoms with Crippen LogP contribution in [0.15, 0.2) is 0 Å². The molecule has 0 aromatic carbocycles. The maximum Gasteiger partial charge on any atom is 0.227 e. The van der Waals surface area contributed by atoms with Crippen LogP contribution in [0.1, 0.15) is 4.88 Å². The minimum absolute atomic E-state index is 0.130. The number of hydrogen-bond donors (Lipinski definition) is 2. The predicted octanol–water partition coefficient (Wildman–Crippen LogP) is 0.172. The van der Waals surface area contributed by atoms with Crippen LogP contribution in [0.2, 0.25) is 0 Å². The Bertz CT molecular complexity index is 246. The van der Waals surface area contributed by atoms with E-state index >= 15 is 0 Å². The number of carbonyl (C=O) groups excluding carboxylic acids is 1. The van der Waals surface area contributed by atoms with Crippen molar-refractivity contribution in [2.75, 3.05) is 5.73 Å². The Balaban J connectivity index is 2.91. The number of nitrogen functional groups attached to an aromatic ring is 1. The van der Waals surface area contributed by atoms with Crippen molar-refractivity contribution in [3.63, 3.8) is 0 Å². The van der Waals surface area contributed by atoms with Gasteiger partial charge in [-0.1, -0.05) is 11.3 Å². The largest absolute Gasteiger partial charge is 0.492 e. The molecule has 0 bridgehead atoms. The molecule has 54 valence electrons. The molecule has 0 saturated carbocycles.